The average Bonchev–Trinajstić information content (AvgIpc) is 2.05. The minimum atomic E-state index is -4.60. The van der Waals surface area contributed by atoms with E-state index in [0.29, 0.717) is 0 Å². The second-order valence-corrected chi connectivity index (χ2v) is 2.48. The zero-order chi connectivity index (χ0) is 10.8. The first-order chi connectivity index (χ1) is 6.38. The van der Waals surface area contributed by atoms with Gasteiger partial charge in [0.1, 0.15) is 5.82 Å². The number of nitrogen functional groups attached to an aromatic ring is 1. The lowest BCUT2D eigenvalue weighted by Crippen LogP contribution is -2.02. The molecule has 0 unspecified atom stereocenters. The maximum absolute atomic E-state index is 12.6. The molecule has 1 aromatic carbocycles. The summed E-state index contributed by atoms with van der Waals surface area (Å²) in [7, 11) is 0. The van der Waals surface area contributed by atoms with Crippen LogP contribution in [0.25, 0.3) is 0 Å². The van der Waals surface area contributed by atoms with Gasteiger partial charge in [-0.15, -0.1) is 0 Å². The second kappa shape index (κ2) is 3.58. The quantitative estimate of drug-likeness (QED) is 0.391. The van der Waals surface area contributed by atoms with Gasteiger partial charge in [0.15, 0.2) is 0 Å². The summed E-state index contributed by atoms with van der Waals surface area (Å²) in [5.41, 5.74) is 5.13. The molecule has 0 heterocycles. The van der Waals surface area contributed by atoms with E-state index >= 15 is 0 Å². The van der Waals surface area contributed by atoms with E-state index in [2.05, 4.69) is 0 Å². The highest BCUT2D eigenvalue weighted by atomic mass is 19.4. The first-order valence-corrected chi connectivity index (χ1v) is 3.53. The van der Waals surface area contributed by atoms with Crippen LogP contribution in [0.1, 0.15) is 5.56 Å². The molecule has 0 aliphatic rings. The molecule has 0 bridgehead atoms. The number of halogens is 4. The molecule has 0 spiro atoms. The van der Waals surface area contributed by atoms with Gasteiger partial charge in [-0.1, -0.05) is 5.92 Å². The third-order valence-corrected chi connectivity index (χ3v) is 1.35. The fourth-order valence-corrected chi connectivity index (χ4v) is 0.775. The molecule has 0 amide bonds. The summed E-state index contributed by atoms with van der Waals surface area (Å²) in [5.74, 6) is 2.09. The lowest BCUT2D eigenvalue weighted by atomic mass is 10.2. The van der Waals surface area contributed by atoms with Gasteiger partial charge >= 0.3 is 6.18 Å². The lowest BCUT2D eigenvalue weighted by Gasteiger charge is -1.97. The number of nitrogens with two attached hydrogens (primary N) is 1. The van der Waals surface area contributed by atoms with Crippen LogP contribution in [-0.4, -0.2) is 6.18 Å². The molecular weight excluding hydrogens is 198 g/mol. The van der Waals surface area contributed by atoms with Gasteiger partial charge < -0.3 is 5.73 Å². The minimum Gasteiger partial charge on any atom is -0.398 e. The van der Waals surface area contributed by atoms with Gasteiger partial charge in [-0.2, -0.15) is 13.2 Å². The maximum atomic E-state index is 12.6. The van der Waals surface area contributed by atoms with Crippen molar-refractivity contribution in [2.24, 2.45) is 0 Å². The van der Waals surface area contributed by atoms with Crippen LogP contribution in [0.4, 0.5) is 23.2 Å². The Morgan fingerprint density at radius 1 is 1.21 bits per heavy atom. The molecule has 0 saturated heterocycles. The fourth-order valence-electron chi connectivity index (χ4n) is 0.775. The highest BCUT2D eigenvalue weighted by Crippen LogP contribution is 2.15. The van der Waals surface area contributed by atoms with Crippen molar-refractivity contribution in [2.75, 3.05) is 5.73 Å². The van der Waals surface area contributed by atoms with Crippen LogP contribution in [0.5, 0.6) is 0 Å². The maximum Gasteiger partial charge on any atom is 0.458 e. The molecule has 1 rings (SSSR count). The topological polar surface area (TPSA) is 26.0 Å². The van der Waals surface area contributed by atoms with E-state index in [1.165, 1.54) is 0 Å². The average molecular weight is 203 g/mol. The predicted octanol–water partition coefficient (Wildman–Crippen LogP) is 2.32. The molecule has 74 valence electrons. The summed E-state index contributed by atoms with van der Waals surface area (Å²) in [6.07, 6.45) is -4.60. The summed E-state index contributed by atoms with van der Waals surface area (Å²) in [6, 6.07) is 3.07. The molecule has 0 saturated carbocycles. The zero-order valence-electron chi connectivity index (χ0n) is 6.82. The molecule has 0 aromatic heterocycles. The number of hydrogen-bond acceptors (Lipinski definition) is 1. The van der Waals surface area contributed by atoms with E-state index in [9.17, 15) is 17.6 Å². The van der Waals surface area contributed by atoms with Crippen molar-refractivity contribution < 1.29 is 17.6 Å². The standard InChI is InChI=1S/C9H5F4N/c10-7-1-2-8(14)6(5-7)3-4-9(11,12)13/h1-2,5H,14H2. The zero-order valence-corrected chi connectivity index (χ0v) is 6.82. The lowest BCUT2D eigenvalue weighted by molar-refractivity contribution is -0.0696. The normalized spacial score (nSPS) is 10.6. The molecule has 1 aromatic rings. The van der Waals surface area contributed by atoms with Crippen LogP contribution in [-0.2, 0) is 0 Å². The Hall–Kier alpha value is -1.70. The van der Waals surface area contributed by atoms with E-state index in [0.717, 1.165) is 24.1 Å². The molecule has 14 heavy (non-hydrogen) atoms. The third kappa shape index (κ3) is 2.98. The molecular formula is C9H5F4N. The minimum absolute atomic E-state index is 0.0168. The molecule has 0 aliphatic heterocycles. The molecule has 0 atom stereocenters. The van der Waals surface area contributed by atoms with E-state index in [-0.39, 0.29) is 11.3 Å². The number of rotatable bonds is 0. The van der Waals surface area contributed by atoms with Gasteiger partial charge in [0.05, 0.1) is 5.56 Å². The Kier molecular flexibility index (Phi) is 2.65. The molecule has 0 aliphatic carbocycles. The van der Waals surface area contributed by atoms with Crippen LogP contribution in [0.2, 0.25) is 0 Å². The first kappa shape index (κ1) is 10.4. The summed E-state index contributed by atoms with van der Waals surface area (Å²) >= 11 is 0. The monoisotopic (exact) mass is 203 g/mol. The number of anilines is 1. The molecule has 5 heteroatoms. The van der Waals surface area contributed by atoms with E-state index in [4.69, 9.17) is 5.73 Å². The highest BCUT2D eigenvalue weighted by Gasteiger charge is 2.23. The summed E-state index contributed by atoms with van der Waals surface area (Å²) in [6.45, 7) is 0. The molecule has 0 fully saturated rings. The SMILES string of the molecule is Nc1ccc(F)cc1C#CC(F)(F)F. The first-order valence-electron chi connectivity index (χ1n) is 3.53. The van der Waals surface area contributed by atoms with Gasteiger partial charge in [0, 0.05) is 11.6 Å². The Labute approximate surface area is 77.5 Å². The van der Waals surface area contributed by atoms with Crippen molar-refractivity contribution in [3.8, 4) is 11.8 Å². The van der Waals surface area contributed by atoms with Crippen molar-refractivity contribution in [3.63, 3.8) is 0 Å². The van der Waals surface area contributed by atoms with Crippen LogP contribution in [0.3, 0.4) is 0 Å². The van der Waals surface area contributed by atoms with E-state index in [1.807, 2.05) is 0 Å². The summed E-state index contributed by atoms with van der Waals surface area (Å²) < 4.78 is 47.6. The molecule has 2 N–H and O–H groups in total. The van der Waals surface area contributed by atoms with Crippen molar-refractivity contribution in [1.82, 2.24) is 0 Å². The fraction of sp³-hybridized carbons (Fsp3) is 0.111. The Bertz CT molecular complexity index is 397. The van der Waals surface area contributed by atoms with Crippen molar-refractivity contribution in [1.29, 1.82) is 0 Å². The Morgan fingerprint density at radius 2 is 1.86 bits per heavy atom. The second-order valence-electron chi connectivity index (χ2n) is 2.48. The third-order valence-electron chi connectivity index (χ3n) is 1.35. The Morgan fingerprint density at radius 3 is 2.43 bits per heavy atom. The van der Waals surface area contributed by atoms with Gasteiger partial charge in [-0.05, 0) is 18.2 Å². The van der Waals surface area contributed by atoms with E-state index < -0.39 is 12.0 Å². The van der Waals surface area contributed by atoms with Crippen LogP contribution in [0, 0.1) is 17.7 Å². The van der Waals surface area contributed by atoms with Crippen LogP contribution in [0.15, 0.2) is 18.2 Å². The van der Waals surface area contributed by atoms with Gasteiger partial charge in [-0.25, -0.2) is 4.39 Å². The molecule has 1 nitrogen and oxygen atoms in total. The Balaban J connectivity index is 3.06. The van der Waals surface area contributed by atoms with Gasteiger partial charge in [0.25, 0.3) is 0 Å². The number of hydrogen-bond donors (Lipinski definition) is 1. The van der Waals surface area contributed by atoms with Crippen LogP contribution >= 0.6 is 0 Å². The van der Waals surface area contributed by atoms with E-state index in [1.54, 1.807) is 5.92 Å². The van der Waals surface area contributed by atoms with Crippen molar-refractivity contribution in [2.45, 2.75) is 6.18 Å². The summed E-state index contributed by atoms with van der Waals surface area (Å²) in [5, 5.41) is 0. The van der Waals surface area contributed by atoms with Gasteiger partial charge in [-0.3, -0.25) is 0 Å². The predicted molar refractivity (Wildman–Crippen MR) is 43.7 cm³/mol. The van der Waals surface area contributed by atoms with Crippen molar-refractivity contribution in [3.05, 3.63) is 29.6 Å². The van der Waals surface area contributed by atoms with Gasteiger partial charge in [0.2, 0.25) is 0 Å². The largest absolute Gasteiger partial charge is 0.458 e. The highest BCUT2D eigenvalue weighted by molar-refractivity contribution is 5.55. The molecule has 0 radical (unpaired) electrons. The number of alkyl halides is 3. The number of benzene rings is 1. The smallest absolute Gasteiger partial charge is 0.398 e. The summed E-state index contributed by atoms with van der Waals surface area (Å²) in [4.78, 5) is 0. The van der Waals surface area contributed by atoms with Crippen LogP contribution < -0.4 is 5.73 Å². The van der Waals surface area contributed by atoms with Crippen molar-refractivity contribution >= 4 is 5.69 Å².